The van der Waals surface area contributed by atoms with Crippen LogP contribution in [0.3, 0.4) is 0 Å². The highest BCUT2D eigenvalue weighted by molar-refractivity contribution is 5.82. The molecule has 4 heteroatoms. The molecule has 15 heavy (non-hydrogen) atoms. The van der Waals surface area contributed by atoms with Gasteiger partial charge < -0.3 is 15.7 Å². The molecule has 0 spiro atoms. The third-order valence-corrected chi connectivity index (χ3v) is 3.43. The fraction of sp³-hybridized carbons (Fsp3) is 0.909. The van der Waals surface area contributed by atoms with Crippen LogP contribution in [0, 0.1) is 0 Å². The average Bonchev–Trinajstić information content (AvgIpc) is 2.74. The van der Waals surface area contributed by atoms with Crippen molar-refractivity contribution in [3.63, 3.8) is 0 Å². The molecule has 2 aliphatic rings. The molecule has 1 saturated heterocycles. The van der Waals surface area contributed by atoms with Gasteiger partial charge in [0.25, 0.3) is 0 Å². The number of hydrogen-bond donors (Lipinski definition) is 3. The SMILES string of the molecule is O=C(N[C@H]1CCCC[C@@H]1O)[C@@H]1CCCN1. The fourth-order valence-electron chi connectivity index (χ4n) is 2.47. The first-order valence-electron chi connectivity index (χ1n) is 5.99. The highest BCUT2D eigenvalue weighted by Crippen LogP contribution is 2.18. The largest absolute Gasteiger partial charge is 0.391 e. The lowest BCUT2D eigenvalue weighted by Gasteiger charge is -2.29. The summed E-state index contributed by atoms with van der Waals surface area (Å²) >= 11 is 0. The van der Waals surface area contributed by atoms with Gasteiger partial charge in [-0.05, 0) is 32.2 Å². The maximum absolute atomic E-state index is 11.8. The van der Waals surface area contributed by atoms with Gasteiger partial charge >= 0.3 is 0 Å². The average molecular weight is 212 g/mol. The predicted molar refractivity (Wildman–Crippen MR) is 57.4 cm³/mol. The monoisotopic (exact) mass is 212 g/mol. The summed E-state index contributed by atoms with van der Waals surface area (Å²) in [6, 6.07) is -0.0484. The highest BCUT2D eigenvalue weighted by atomic mass is 16.3. The third kappa shape index (κ3) is 2.69. The van der Waals surface area contributed by atoms with E-state index in [1.807, 2.05) is 0 Å². The number of hydrogen-bond acceptors (Lipinski definition) is 3. The predicted octanol–water partition coefficient (Wildman–Crippen LogP) is 0.158. The Morgan fingerprint density at radius 1 is 1.20 bits per heavy atom. The molecule has 3 atom stereocenters. The van der Waals surface area contributed by atoms with Crippen molar-refractivity contribution in [2.45, 2.75) is 56.7 Å². The second-order valence-corrected chi connectivity index (χ2v) is 4.62. The Morgan fingerprint density at radius 3 is 2.67 bits per heavy atom. The molecule has 1 amide bonds. The number of aliphatic hydroxyl groups excluding tert-OH is 1. The first-order chi connectivity index (χ1) is 7.27. The van der Waals surface area contributed by atoms with Gasteiger partial charge in [0.05, 0.1) is 18.2 Å². The van der Waals surface area contributed by atoms with Crippen LogP contribution < -0.4 is 10.6 Å². The zero-order valence-electron chi connectivity index (χ0n) is 9.04. The van der Waals surface area contributed by atoms with Gasteiger partial charge in [-0.3, -0.25) is 4.79 Å². The molecule has 0 aromatic carbocycles. The molecule has 3 N–H and O–H groups in total. The summed E-state index contributed by atoms with van der Waals surface area (Å²) in [6.07, 6.45) is 5.59. The number of nitrogens with one attached hydrogen (secondary N) is 2. The molecule has 0 aromatic heterocycles. The van der Waals surface area contributed by atoms with Gasteiger partial charge in [0.1, 0.15) is 0 Å². The van der Waals surface area contributed by atoms with Crippen LogP contribution in [0.5, 0.6) is 0 Å². The Balaban J connectivity index is 1.81. The minimum Gasteiger partial charge on any atom is -0.391 e. The molecule has 1 aliphatic heterocycles. The molecular weight excluding hydrogens is 192 g/mol. The first-order valence-corrected chi connectivity index (χ1v) is 5.99. The summed E-state index contributed by atoms with van der Waals surface area (Å²) in [7, 11) is 0. The van der Waals surface area contributed by atoms with Crippen molar-refractivity contribution in [2.75, 3.05) is 6.54 Å². The van der Waals surface area contributed by atoms with Crippen LogP contribution in [0.1, 0.15) is 38.5 Å². The molecular formula is C11H20N2O2. The lowest BCUT2D eigenvalue weighted by molar-refractivity contribution is -0.124. The highest BCUT2D eigenvalue weighted by Gasteiger charge is 2.28. The quantitative estimate of drug-likeness (QED) is 0.611. The van der Waals surface area contributed by atoms with Crippen LogP contribution in [-0.4, -0.2) is 35.7 Å². The van der Waals surface area contributed by atoms with Crippen molar-refractivity contribution in [1.29, 1.82) is 0 Å². The normalized spacial score (nSPS) is 36.5. The van der Waals surface area contributed by atoms with Crippen LogP contribution in [0.2, 0.25) is 0 Å². The minimum absolute atomic E-state index is 0.0198. The fourth-order valence-corrected chi connectivity index (χ4v) is 2.47. The Bertz CT molecular complexity index is 227. The summed E-state index contributed by atoms with van der Waals surface area (Å²) in [5.41, 5.74) is 0. The minimum atomic E-state index is -0.343. The lowest BCUT2D eigenvalue weighted by Crippen LogP contribution is -2.50. The molecule has 0 radical (unpaired) electrons. The maximum Gasteiger partial charge on any atom is 0.237 e. The van der Waals surface area contributed by atoms with Gasteiger partial charge in [0.15, 0.2) is 0 Å². The second kappa shape index (κ2) is 4.94. The Hall–Kier alpha value is -0.610. The molecule has 86 valence electrons. The van der Waals surface area contributed by atoms with Crippen molar-refractivity contribution in [3.8, 4) is 0 Å². The van der Waals surface area contributed by atoms with Crippen molar-refractivity contribution in [2.24, 2.45) is 0 Å². The van der Waals surface area contributed by atoms with Gasteiger partial charge in [0.2, 0.25) is 5.91 Å². The summed E-state index contributed by atoms with van der Waals surface area (Å²) in [5.74, 6) is 0.0680. The Kier molecular flexibility index (Phi) is 3.59. The van der Waals surface area contributed by atoms with Crippen molar-refractivity contribution in [3.05, 3.63) is 0 Å². The Morgan fingerprint density at radius 2 is 2.00 bits per heavy atom. The van der Waals surface area contributed by atoms with E-state index < -0.39 is 0 Å². The third-order valence-electron chi connectivity index (χ3n) is 3.43. The molecule has 1 saturated carbocycles. The Labute approximate surface area is 90.4 Å². The van der Waals surface area contributed by atoms with Crippen molar-refractivity contribution in [1.82, 2.24) is 10.6 Å². The molecule has 4 nitrogen and oxygen atoms in total. The number of carbonyl (C=O) groups excluding carboxylic acids is 1. The van der Waals surface area contributed by atoms with Gasteiger partial charge in [0, 0.05) is 0 Å². The molecule has 0 unspecified atom stereocenters. The van der Waals surface area contributed by atoms with Crippen LogP contribution in [0.4, 0.5) is 0 Å². The van der Waals surface area contributed by atoms with Gasteiger partial charge in [-0.2, -0.15) is 0 Å². The summed E-state index contributed by atoms with van der Waals surface area (Å²) in [6.45, 7) is 0.936. The molecule has 1 aliphatic carbocycles. The molecule has 0 bridgehead atoms. The zero-order chi connectivity index (χ0) is 10.7. The van der Waals surface area contributed by atoms with Crippen LogP contribution in [-0.2, 0) is 4.79 Å². The van der Waals surface area contributed by atoms with E-state index in [-0.39, 0.29) is 24.1 Å². The zero-order valence-corrected chi connectivity index (χ0v) is 9.04. The van der Waals surface area contributed by atoms with E-state index in [0.29, 0.717) is 0 Å². The van der Waals surface area contributed by atoms with E-state index in [4.69, 9.17) is 0 Å². The molecule has 0 aromatic rings. The topological polar surface area (TPSA) is 61.4 Å². The van der Waals surface area contributed by atoms with Crippen molar-refractivity contribution >= 4 is 5.91 Å². The van der Waals surface area contributed by atoms with E-state index in [1.165, 1.54) is 0 Å². The summed E-state index contributed by atoms with van der Waals surface area (Å²) in [4.78, 5) is 11.8. The van der Waals surface area contributed by atoms with Crippen LogP contribution >= 0.6 is 0 Å². The first kappa shape index (κ1) is 10.9. The molecule has 2 fully saturated rings. The van der Waals surface area contributed by atoms with E-state index in [1.54, 1.807) is 0 Å². The second-order valence-electron chi connectivity index (χ2n) is 4.62. The standard InChI is InChI=1S/C11H20N2O2/c14-10-6-2-1-4-8(10)13-11(15)9-5-3-7-12-9/h8-10,12,14H,1-7H2,(H,13,15)/t8-,9-,10-/m0/s1. The van der Waals surface area contributed by atoms with E-state index >= 15 is 0 Å². The maximum atomic E-state index is 11.8. The summed E-state index contributed by atoms with van der Waals surface area (Å²) in [5, 5.41) is 15.9. The van der Waals surface area contributed by atoms with Gasteiger partial charge in [-0.1, -0.05) is 12.8 Å². The number of carbonyl (C=O) groups is 1. The molecule has 2 rings (SSSR count). The van der Waals surface area contributed by atoms with Gasteiger partial charge in [-0.15, -0.1) is 0 Å². The molecule has 1 heterocycles. The van der Waals surface area contributed by atoms with E-state index in [9.17, 15) is 9.90 Å². The van der Waals surface area contributed by atoms with E-state index in [0.717, 1.165) is 45.1 Å². The van der Waals surface area contributed by atoms with Gasteiger partial charge in [-0.25, -0.2) is 0 Å². The number of aliphatic hydroxyl groups is 1. The van der Waals surface area contributed by atoms with Crippen molar-refractivity contribution < 1.29 is 9.90 Å². The summed E-state index contributed by atoms with van der Waals surface area (Å²) < 4.78 is 0. The number of rotatable bonds is 2. The van der Waals surface area contributed by atoms with E-state index in [2.05, 4.69) is 10.6 Å². The van der Waals surface area contributed by atoms with Crippen LogP contribution in [0.15, 0.2) is 0 Å². The lowest BCUT2D eigenvalue weighted by atomic mass is 9.92. The smallest absolute Gasteiger partial charge is 0.237 e. The number of amides is 1. The van der Waals surface area contributed by atoms with Crippen LogP contribution in [0.25, 0.3) is 0 Å².